The van der Waals surface area contributed by atoms with Crippen LogP contribution in [0.4, 0.5) is 0 Å². The van der Waals surface area contributed by atoms with Gasteiger partial charge >= 0.3 is 0 Å². The zero-order valence-electron chi connectivity index (χ0n) is 19.4. The van der Waals surface area contributed by atoms with Crippen molar-refractivity contribution in [2.75, 3.05) is 6.54 Å². The fourth-order valence-electron chi connectivity index (χ4n) is 11.0. The van der Waals surface area contributed by atoms with E-state index in [9.17, 15) is 5.11 Å². The Hall–Kier alpha value is -0.0800. The van der Waals surface area contributed by atoms with Gasteiger partial charge in [0.2, 0.25) is 0 Å². The molecule has 0 amide bonds. The molecule has 2 nitrogen and oxygen atoms in total. The van der Waals surface area contributed by atoms with Gasteiger partial charge in [0.05, 0.1) is 6.10 Å². The summed E-state index contributed by atoms with van der Waals surface area (Å²) in [6.45, 7) is 11.9. The summed E-state index contributed by atoms with van der Waals surface area (Å²) in [4.78, 5) is 3.03. The van der Waals surface area contributed by atoms with Crippen molar-refractivity contribution in [3.63, 3.8) is 0 Å². The monoisotopic (exact) mass is 399 g/mol. The molecule has 0 aromatic heterocycles. The molecule has 2 heteroatoms. The van der Waals surface area contributed by atoms with Gasteiger partial charge in [-0.25, -0.2) is 0 Å². The van der Waals surface area contributed by atoms with Crippen LogP contribution in [0, 0.1) is 52.3 Å². The highest BCUT2D eigenvalue weighted by Crippen LogP contribution is 2.70. The lowest BCUT2D eigenvalue weighted by atomic mass is 9.44. The molecule has 0 unspecified atom stereocenters. The minimum atomic E-state index is -0.0109. The molecule has 0 radical (unpaired) electrons. The number of aliphatic hydroxyl groups is 1. The summed E-state index contributed by atoms with van der Waals surface area (Å²) in [6.07, 6.45) is 13.7. The van der Waals surface area contributed by atoms with Crippen LogP contribution in [0.2, 0.25) is 0 Å². The van der Waals surface area contributed by atoms with E-state index in [-0.39, 0.29) is 6.10 Å². The van der Waals surface area contributed by atoms with Crippen molar-refractivity contribution in [2.45, 2.75) is 110 Å². The number of hydrogen-bond acceptors (Lipinski definition) is 2. The standard InChI is InChI=1S/C27H45NO/c1-16-5-8-23-17(2)25-24(28(23)15-16)14-22-20-7-6-18-13-19(29)9-11-26(18,3)21(20)10-12-27(22,25)4/h16-25,29H,5-15H2,1-4H3/t16-,17+,18+,19-,20+,21-,22-,23+,24-,25-,26-,27-/m0/s1. The van der Waals surface area contributed by atoms with Crippen LogP contribution in [-0.4, -0.2) is 34.7 Å². The molecule has 4 aliphatic carbocycles. The third-order valence-electron chi connectivity index (χ3n) is 12.3. The third-order valence-corrected chi connectivity index (χ3v) is 12.3. The van der Waals surface area contributed by atoms with Crippen LogP contribution >= 0.6 is 0 Å². The molecule has 0 bridgehead atoms. The summed E-state index contributed by atoms with van der Waals surface area (Å²) in [5.41, 5.74) is 1.12. The van der Waals surface area contributed by atoms with Gasteiger partial charge in [0, 0.05) is 18.6 Å². The van der Waals surface area contributed by atoms with E-state index in [1.54, 1.807) is 0 Å². The number of rotatable bonds is 0. The Balaban J connectivity index is 1.30. The summed E-state index contributed by atoms with van der Waals surface area (Å²) >= 11 is 0. The second-order valence-corrected chi connectivity index (χ2v) is 13.3. The number of hydrogen-bond donors (Lipinski definition) is 1. The van der Waals surface area contributed by atoms with Crippen molar-refractivity contribution in [1.29, 1.82) is 0 Å². The maximum absolute atomic E-state index is 10.3. The Morgan fingerprint density at radius 3 is 2.41 bits per heavy atom. The lowest BCUT2D eigenvalue weighted by Gasteiger charge is -2.61. The Morgan fingerprint density at radius 1 is 0.793 bits per heavy atom. The van der Waals surface area contributed by atoms with E-state index < -0.39 is 0 Å². The first kappa shape index (κ1) is 19.6. The molecule has 2 saturated heterocycles. The first-order chi connectivity index (χ1) is 13.8. The fourth-order valence-corrected chi connectivity index (χ4v) is 11.0. The van der Waals surface area contributed by atoms with Gasteiger partial charge in [-0.1, -0.05) is 27.7 Å². The van der Waals surface area contributed by atoms with Gasteiger partial charge in [0.1, 0.15) is 0 Å². The van der Waals surface area contributed by atoms with Crippen molar-refractivity contribution in [2.24, 2.45) is 52.3 Å². The van der Waals surface area contributed by atoms with E-state index in [4.69, 9.17) is 0 Å². The molecule has 1 N–H and O–H groups in total. The Morgan fingerprint density at radius 2 is 1.59 bits per heavy atom. The van der Waals surface area contributed by atoms with Gasteiger partial charge in [0.15, 0.2) is 0 Å². The van der Waals surface area contributed by atoms with Crippen LogP contribution in [-0.2, 0) is 0 Å². The largest absolute Gasteiger partial charge is 0.393 e. The predicted octanol–water partition coefficient (Wildman–Crippen LogP) is 5.73. The highest BCUT2D eigenvalue weighted by Gasteiger charge is 2.66. The molecule has 2 aliphatic heterocycles. The minimum absolute atomic E-state index is 0.0109. The quantitative estimate of drug-likeness (QED) is 0.562. The van der Waals surface area contributed by atoms with Gasteiger partial charge < -0.3 is 5.11 Å². The smallest absolute Gasteiger partial charge is 0.0543 e. The number of aliphatic hydroxyl groups excluding tert-OH is 1. The van der Waals surface area contributed by atoms with E-state index in [0.29, 0.717) is 10.8 Å². The van der Waals surface area contributed by atoms with Gasteiger partial charge in [0.25, 0.3) is 0 Å². The molecule has 12 atom stereocenters. The summed E-state index contributed by atoms with van der Waals surface area (Å²) < 4.78 is 0. The number of piperidine rings is 1. The third kappa shape index (κ3) is 2.54. The van der Waals surface area contributed by atoms with Gasteiger partial charge in [-0.2, -0.15) is 0 Å². The van der Waals surface area contributed by atoms with Crippen LogP contribution in [0.15, 0.2) is 0 Å². The molecule has 0 spiro atoms. The van der Waals surface area contributed by atoms with Crippen molar-refractivity contribution in [3.8, 4) is 0 Å². The zero-order valence-corrected chi connectivity index (χ0v) is 19.4. The second-order valence-electron chi connectivity index (χ2n) is 13.3. The van der Waals surface area contributed by atoms with Crippen LogP contribution in [0.5, 0.6) is 0 Å². The van der Waals surface area contributed by atoms with Crippen LogP contribution in [0.1, 0.15) is 91.9 Å². The molecule has 6 aliphatic rings. The van der Waals surface area contributed by atoms with Crippen molar-refractivity contribution < 1.29 is 5.11 Å². The maximum atomic E-state index is 10.3. The van der Waals surface area contributed by atoms with E-state index in [1.165, 1.54) is 57.9 Å². The average molecular weight is 400 g/mol. The number of fused-ring (bicyclic) bond motifs is 9. The SMILES string of the molecule is C[C@H]1CC[C@@H]2[C@@H](C)[C@H]3[C@H](C[C@H]4[C@@H]5CC[C@@H]6C[C@@H](O)CC[C@]6(C)[C@H]5CC[C@]34C)N2C1. The van der Waals surface area contributed by atoms with Gasteiger partial charge in [-0.3, -0.25) is 4.90 Å². The Kier molecular flexibility index (Phi) is 4.37. The summed E-state index contributed by atoms with van der Waals surface area (Å²) in [5, 5.41) is 10.3. The second kappa shape index (κ2) is 6.47. The minimum Gasteiger partial charge on any atom is -0.393 e. The predicted molar refractivity (Wildman–Crippen MR) is 118 cm³/mol. The van der Waals surface area contributed by atoms with Crippen LogP contribution in [0.25, 0.3) is 0 Å². The molecular formula is C27H45NO. The first-order valence-electron chi connectivity index (χ1n) is 13.3. The highest BCUT2D eigenvalue weighted by molar-refractivity contribution is 5.17. The maximum Gasteiger partial charge on any atom is 0.0543 e. The van der Waals surface area contributed by atoms with E-state index in [0.717, 1.165) is 66.4 Å². The molecule has 6 fully saturated rings. The molecule has 6 rings (SSSR count). The normalized spacial score (nSPS) is 62.0. The van der Waals surface area contributed by atoms with Crippen LogP contribution < -0.4 is 0 Å². The van der Waals surface area contributed by atoms with Gasteiger partial charge in [-0.15, -0.1) is 0 Å². The van der Waals surface area contributed by atoms with E-state index in [1.807, 2.05) is 0 Å². The topological polar surface area (TPSA) is 23.5 Å². The number of nitrogens with zero attached hydrogens (tertiary/aromatic N) is 1. The van der Waals surface area contributed by atoms with Crippen molar-refractivity contribution in [3.05, 3.63) is 0 Å². The summed E-state index contributed by atoms with van der Waals surface area (Å²) in [7, 11) is 0. The highest BCUT2D eigenvalue weighted by atomic mass is 16.3. The van der Waals surface area contributed by atoms with Gasteiger partial charge in [-0.05, 0) is 116 Å². The lowest BCUT2D eigenvalue weighted by Crippen LogP contribution is -2.54. The summed E-state index contributed by atoms with van der Waals surface area (Å²) in [5.74, 6) is 6.47. The molecule has 164 valence electrons. The average Bonchev–Trinajstić information content (AvgIpc) is 3.15. The summed E-state index contributed by atoms with van der Waals surface area (Å²) in [6, 6.07) is 1.79. The van der Waals surface area contributed by atoms with Crippen LogP contribution in [0.3, 0.4) is 0 Å². The van der Waals surface area contributed by atoms with Crippen molar-refractivity contribution in [1.82, 2.24) is 4.90 Å². The first-order valence-corrected chi connectivity index (χ1v) is 13.3. The van der Waals surface area contributed by atoms with E-state index >= 15 is 0 Å². The molecule has 29 heavy (non-hydrogen) atoms. The molecule has 4 saturated carbocycles. The molecule has 0 aromatic rings. The Bertz CT molecular complexity index is 663. The lowest BCUT2D eigenvalue weighted by molar-refractivity contribution is -0.129. The van der Waals surface area contributed by atoms with Crippen molar-refractivity contribution >= 4 is 0 Å². The fraction of sp³-hybridized carbons (Fsp3) is 1.00. The molecular weight excluding hydrogens is 354 g/mol. The molecule has 2 heterocycles. The zero-order chi connectivity index (χ0) is 20.1. The Labute approximate surface area is 179 Å². The van der Waals surface area contributed by atoms with E-state index in [2.05, 4.69) is 32.6 Å². The molecule has 0 aromatic carbocycles.